The normalized spacial score (nSPS) is 19.2. The topological polar surface area (TPSA) is 60.9 Å². The summed E-state index contributed by atoms with van der Waals surface area (Å²) in [6.07, 6.45) is 7.16. The first kappa shape index (κ1) is 12.9. The van der Waals surface area contributed by atoms with Crippen LogP contribution in [-0.4, -0.2) is 39.5 Å². The molecule has 0 spiro atoms. The average molecular weight is 255 g/mol. The summed E-state index contributed by atoms with van der Waals surface area (Å²) in [7, 11) is 0. The van der Waals surface area contributed by atoms with Gasteiger partial charge in [0.05, 0.1) is 12.1 Å². The third kappa shape index (κ3) is 3.24. The lowest BCUT2D eigenvalue weighted by molar-refractivity contribution is 0.159. The van der Waals surface area contributed by atoms with Crippen LogP contribution in [0, 0.1) is 5.92 Å². The van der Waals surface area contributed by atoms with Crippen LogP contribution < -0.4 is 5.32 Å². The van der Waals surface area contributed by atoms with Crippen molar-refractivity contribution in [2.24, 2.45) is 5.92 Å². The number of aliphatic hydroxyl groups is 1. The van der Waals surface area contributed by atoms with E-state index >= 15 is 0 Å². The minimum absolute atomic E-state index is 0.118. The number of aromatic nitrogens is 2. The number of aromatic amines is 1. The zero-order valence-corrected chi connectivity index (χ0v) is 11.1. The summed E-state index contributed by atoms with van der Waals surface area (Å²) in [5.74, 6) is 1.50. The molecule has 1 aliphatic rings. The molecule has 1 fully saturated rings. The van der Waals surface area contributed by atoms with E-state index in [4.69, 9.17) is 0 Å². The molecule has 96 valence electrons. The molecular weight excluding hydrogens is 234 g/mol. The fourth-order valence-corrected chi connectivity index (χ4v) is 3.19. The maximum Gasteiger partial charge on any atom is 0.165 e. The summed E-state index contributed by atoms with van der Waals surface area (Å²) in [6, 6.07) is 0. The number of nitrogens with zero attached hydrogens (tertiary/aromatic N) is 1. The van der Waals surface area contributed by atoms with Crippen molar-refractivity contribution in [2.45, 2.75) is 36.9 Å². The third-order valence-electron chi connectivity index (χ3n) is 3.31. The summed E-state index contributed by atoms with van der Waals surface area (Å²) < 4.78 is 0. The lowest BCUT2D eigenvalue weighted by Crippen LogP contribution is -2.53. The van der Waals surface area contributed by atoms with Gasteiger partial charge in [-0.1, -0.05) is 18.7 Å². The van der Waals surface area contributed by atoms with Crippen molar-refractivity contribution in [1.82, 2.24) is 15.3 Å². The molecule has 1 aromatic rings. The second-order valence-electron chi connectivity index (χ2n) is 4.70. The smallest absolute Gasteiger partial charge is 0.165 e. The number of hydrogen-bond acceptors (Lipinski definition) is 4. The van der Waals surface area contributed by atoms with Gasteiger partial charge >= 0.3 is 0 Å². The molecule has 1 heterocycles. The van der Waals surface area contributed by atoms with Gasteiger partial charge in [0.15, 0.2) is 5.16 Å². The highest BCUT2D eigenvalue weighted by Gasteiger charge is 2.44. The van der Waals surface area contributed by atoms with Crippen LogP contribution in [0.15, 0.2) is 17.6 Å². The quantitative estimate of drug-likeness (QED) is 0.618. The zero-order chi connectivity index (χ0) is 12.1. The van der Waals surface area contributed by atoms with E-state index in [2.05, 4.69) is 22.2 Å². The fourth-order valence-electron chi connectivity index (χ4n) is 2.08. The molecule has 0 radical (unpaired) electrons. The summed E-state index contributed by atoms with van der Waals surface area (Å²) in [6.45, 7) is 3.34. The van der Waals surface area contributed by atoms with Crippen molar-refractivity contribution < 1.29 is 5.11 Å². The first-order chi connectivity index (χ1) is 8.30. The van der Waals surface area contributed by atoms with Crippen molar-refractivity contribution in [3.8, 4) is 0 Å². The van der Waals surface area contributed by atoms with Crippen LogP contribution in [0.2, 0.25) is 0 Å². The Bertz CT molecular complexity index is 327. The van der Waals surface area contributed by atoms with Gasteiger partial charge in [-0.25, -0.2) is 4.98 Å². The molecule has 1 aromatic heterocycles. The first-order valence-electron chi connectivity index (χ1n) is 6.29. The molecule has 5 heteroatoms. The maximum absolute atomic E-state index is 9.74. The Morgan fingerprint density at radius 3 is 3.00 bits per heavy atom. The molecule has 0 aliphatic heterocycles. The van der Waals surface area contributed by atoms with Crippen molar-refractivity contribution >= 4 is 11.8 Å². The molecule has 0 bridgehead atoms. The molecule has 1 aliphatic carbocycles. The minimum atomic E-state index is -0.118. The Kier molecular flexibility index (Phi) is 4.48. The predicted molar refractivity (Wildman–Crippen MR) is 70.1 cm³/mol. The number of rotatable bonds is 8. The second-order valence-corrected chi connectivity index (χ2v) is 5.66. The molecular formula is C12H21N3OS. The average Bonchev–Trinajstić information content (AvgIpc) is 3.08. The van der Waals surface area contributed by atoms with Crippen LogP contribution in [0.1, 0.15) is 26.2 Å². The van der Waals surface area contributed by atoms with Crippen molar-refractivity contribution in [3.05, 3.63) is 12.4 Å². The second kappa shape index (κ2) is 5.89. The van der Waals surface area contributed by atoms with Crippen molar-refractivity contribution in [1.29, 1.82) is 0 Å². The summed E-state index contributed by atoms with van der Waals surface area (Å²) in [5.41, 5.74) is -0.118. The number of aliphatic hydroxyl groups excluding tert-OH is 1. The predicted octanol–water partition coefficient (Wildman–Crippen LogP) is 1.64. The fraction of sp³-hybridized carbons (Fsp3) is 0.750. The van der Waals surface area contributed by atoms with Crippen molar-refractivity contribution in [3.63, 3.8) is 0 Å². The summed E-state index contributed by atoms with van der Waals surface area (Å²) >= 11 is 1.69. The third-order valence-corrected chi connectivity index (χ3v) is 4.46. The Morgan fingerprint density at radius 1 is 1.65 bits per heavy atom. The van der Waals surface area contributed by atoms with Gasteiger partial charge in [0, 0.05) is 18.1 Å². The van der Waals surface area contributed by atoms with Crippen LogP contribution in [0.4, 0.5) is 0 Å². The number of nitrogens with one attached hydrogen (secondary N) is 2. The Hall–Kier alpha value is -0.520. The molecule has 3 N–H and O–H groups in total. The van der Waals surface area contributed by atoms with E-state index in [0.29, 0.717) is 5.92 Å². The van der Waals surface area contributed by atoms with Crippen molar-refractivity contribution in [2.75, 3.05) is 18.9 Å². The maximum atomic E-state index is 9.74. The summed E-state index contributed by atoms with van der Waals surface area (Å²) in [4.78, 5) is 7.30. The molecule has 0 amide bonds. The van der Waals surface area contributed by atoms with E-state index in [1.807, 2.05) is 6.20 Å². The zero-order valence-electron chi connectivity index (χ0n) is 10.3. The SMILES string of the molecule is CCCNC(CO)(CSc1ncc[nH]1)C1CC1. The van der Waals surface area contributed by atoms with Gasteiger partial charge in [0.25, 0.3) is 0 Å². The molecule has 0 aromatic carbocycles. The van der Waals surface area contributed by atoms with E-state index in [1.54, 1.807) is 18.0 Å². The monoisotopic (exact) mass is 255 g/mol. The van der Waals surface area contributed by atoms with E-state index in [1.165, 1.54) is 12.8 Å². The van der Waals surface area contributed by atoms with Crippen LogP contribution >= 0.6 is 11.8 Å². The van der Waals surface area contributed by atoms with Gasteiger partial charge in [-0.15, -0.1) is 0 Å². The van der Waals surface area contributed by atoms with Gasteiger partial charge in [0.2, 0.25) is 0 Å². The standard InChI is InChI=1S/C12H21N3OS/c1-2-5-15-12(8-16,10-3-4-10)9-17-11-13-6-7-14-11/h6-7,10,15-16H,2-5,8-9H2,1H3,(H,13,14). The van der Waals surface area contributed by atoms with Crippen LogP contribution in [0.25, 0.3) is 0 Å². The number of H-pyrrole nitrogens is 1. The molecule has 1 saturated carbocycles. The lowest BCUT2D eigenvalue weighted by Gasteiger charge is -2.33. The molecule has 4 nitrogen and oxygen atoms in total. The highest BCUT2D eigenvalue weighted by molar-refractivity contribution is 7.99. The van der Waals surface area contributed by atoms with Gasteiger partial charge in [-0.2, -0.15) is 0 Å². The highest BCUT2D eigenvalue weighted by atomic mass is 32.2. The Morgan fingerprint density at radius 2 is 2.47 bits per heavy atom. The number of imidazole rings is 1. The van der Waals surface area contributed by atoms with E-state index in [9.17, 15) is 5.11 Å². The largest absolute Gasteiger partial charge is 0.394 e. The van der Waals surface area contributed by atoms with Gasteiger partial charge in [-0.3, -0.25) is 0 Å². The van der Waals surface area contributed by atoms with Crippen LogP contribution in [-0.2, 0) is 0 Å². The minimum Gasteiger partial charge on any atom is -0.394 e. The lowest BCUT2D eigenvalue weighted by atomic mass is 9.96. The highest BCUT2D eigenvalue weighted by Crippen LogP contribution is 2.41. The van der Waals surface area contributed by atoms with E-state index in [-0.39, 0.29) is 12.1 Å². The Labute approximate surface area is 107 Å². The van der Waals surface area contributed by atoms with Crippen LogP contribution in [0.5, 0.6) is 0 Å². The molecule has 1 atom stereocenters. The number of hydrogen-bond donors (Lipinski definition) is 3. The van der Waals surface area contributed by atoms with Gasteiger partial charge < -0.3 is 15.4 Å². The van der Waals surface area contributed by atoms with Gasteiger partial charge in [-0.05, 0) is 31.7 Å². The summed E-state index contributed by atoms with van der Waals surface area (Å²) in [5, 5.41) is 14.2. The number of thioether (sulfide) groups is 1. The van der Waals surface area contributed by atoms with E-state index in [0.717, 1.165) is 23.9 Å². The first-order valence-corrected chi connectivity index (χ1v) is 7.27. The molecule has 17 heavy (non-hydrogen) atoms. The van der Waals surface area contributed by atoms with Gasteiger partial charge in [0.1, 0.15) is 0 Å². The Balaban J connectivity index is 1.94. The van der Waals surface area contributed by atoms with E-state index < -0.39 is 0 Å². The van der Waals surface area contributed by atoms with Crippen LogP contribution in [0.3, 0.4) is 0 Å². The molecule has 2 rings (SSSR count). The molecule has 1 unspecified atom stereocenters. The molecule has 0 saturated heterocycles.